The van der Waals surface area contributed by atoms with Crippen molar-refractivity contribution in [3.8, 4) is 5.75 Å². The van der Waals surface area contributed by atoms with Crippen molar-refractivity contribution in [2.24, 2.45) is 0 Å². The van der Waals surface area contributed by atoms with E-state index in [4.69, 9.17) is 4.74 Å². The van der Waals surface area contributed by atoms with Gasteiger partial charge < -0.3 is 9.72 Å². The lowest BCUT2D eigenvalue weighted by Crippen LogP contribution is -2.44. The van der Waals surface area contributed by atoms with E-state index >= 15 is 0 Å². The summed E-state index contributed by atoms with van der Waals surface area (Å²) in [7, 11) is 1.57. The predicted molar refractivity (Wildman–Crippen MR) is 106 cm³/mol. The van der Waals surface area contributed by atoms with Gasteiger partial charge in [0.1, 0.15) is 5.75 Å². The Kier molecular flexibility index (Phi) is 3.94. The SMILES string of the molecule is COc1cccc(N2C(=O)C[C@H](N3CCc4c([nH]c5ccccc45)C3)C2=O)c1. The molecule has 3 aromatic rings. The Morgan fingerprint density at radius 1 is 1.11 bits per heavy atom. The van der Waals surface area contributed by atoms with Crippen molar-refractivity contribution in [2.45, 2.75) is 25.4 Å². The molecule has 2 amide bonds. The summed E-state index contributed by atoms with van der Waals surface area (Å²) in [6.07, 6.45) is 1.09. The first-order valence-corrected chi connectivity index (χ1v) is 9.49. The van der Waals surface area contributed by atoms with Crippen molar-refractivity contribution >= 4 is 28.4 Å². The van der Waals surface area contributed by atoms with Crippen molar-refractivity contribution in [1.29, 1.82) is 0 Å². The molecule has 6 heteroatoms. The molecule has 2 aliphatic rings. The molecule has 1 fully saturated rings. The number of imide groups is 1. The van der Waals surface area contributed by atoms with E-state index in [0.717, 1.165) is 24.2 Å². The van der Waals surface area contributed by atoms with Crippen LogP contribution < -0.4 is 9.64 Å². The van der Waals surface area contributed by atoms with Crippen LogP contribution in [0.3, 0.4) is 0 Å². The normalized spacial score (nSPS) is 20.0. The molecule has 0 spiro atoms. The summed E-state index contributed by atoms with van der Waals surface area (Å²) in [6.45, 7) is 1.42. The molecule has 0 unspecified atom stereocenters. The van der Waals surface area contributed by atoms with Crippen LogP contribution in [-0.4, -0.2) is 41.4 Å². The molecule has 2 aromatic carbocycles. The third kappa shape index (κ3) is 2.60. The van der Waals surface area contributed by atoms with Gasteiger partial charge in [0.05, 0.1) is 25.3 Å². The zero-order valence-corrected chi connectivity index (χ0v) is 15.6. The van der Waals surface area contributed by atoms with E-state index in [-0.39, 0.29) is 18.2 Å². The van der Waals surface area contributed by atoms with Crippen LogP contribution >= 0.6 is 0 Å². The Hall–Kier alpha value is -3.12. The van der Waals surface area contributed by atoms with Gasteiger partial charge in [0.15, 0.2) is 0 Å². The number of H-pyrrole nitrogens is 1. The summed E-state index contributed by atoms with van der Waals surface area (Å²) in [5.41, 5.74) is 4.17. The molecule has 2 aliphatic heterocycles. The number of aromatic nitrogens is 1. The van der Waals surface area contributed by atoms with Gasteiger partial charge in [-0.25, -0.2) is 4.90 Å². The second kappa shape index (κ2) is 6.49. The molecule has 5 rings (SSSR count). The van der Waals surface area contributed by atoms with Crippen LogP contribution in [0.4, 0.5) is 5.69 Å². The molecule has 0 radical (unpaired) electrons. The van der Waals surface area contributed by atoms with E-state index in [1.54, 1.807) is 31.4 Å². The number of nitrogens with zero attached hydrogens (tertiary/aromatic N) is 2. The Labute approximate surface area is 162 Å². The molecule has 6 nitrogen and oxygen atoms in total. The molecule has 0 saturated carbocycles. The Morgan fingerprint density at radius 2 is 1.96 bits per heavy atom. The summed E-state index contributed by atoms with van der Waals surface area (Å²) in [6, 6.07) is 15.0. The number of aromatic amines is 1. The molecular weight excluding hydrogens is 354 g/mol. The van der Waals surface area contributed by atoms with Gasteiger partial charge in [-0.2, -0.15) is 0 Å². The first-order valence-electron chi connectivity index (χ1n) is 9.49. The van der Waals surface area contributed by atoms with Crippen molar-refractivity contribution < 1.29 is 14.3 Å². The number of carbonyl (C=O) groups excluding carboxylic acids is 2. The summed E-state index contributed by atoms with van der Waals surface area (Å²) in [4.78, 5) is 32.7. The van der Waals surface area contributed by atoms with Crippen molar-refractivity contribution in [3.05, 3.63) is 59.8 Å². The number of fused-ring (bicyclic) bond motifs is 3. The average molecular weight is 375 g/mol. The molecule has 1 atom stereocenters. The van der Waals surface area contributed by atoms with E-state index in [1.807, 2.05) is 12.1 Å². The molecule has 1 N–H and O–H groups in total. The first-order chi connectivity index (χ1) is 13.7. The van der Waals surface area contributed by atoms with Gasteiger partial charge in [0.2, 0.25) is 5.91 Å². The molecule has 1 saturated heterocycles. The van der Waals surface area contributed by atoms with Gasteiger partial charge in [-0.3, -0.25) is 14.5 Å². The maximum absolute atomic E-state index is 13.1. The minimum Gasteiger partial charge on any atom is -0.497 e. The van der Waals surface area contributed by atoms with Gasteiger partial charge in [-0.05, 0) is 30.2 Å². The van der Waals surface area contributed by atoms with Crippen LogP contribution in [0.5, 0.6) is 5.75 Å². The summed E-state index contributed by atoms with van der Waals surface area (Å²) in [5, 5.41) is 1.25. The third-order valence-corrected chi connectivity index (χ3v) is 5.79. The number of methoxy groups -OCH3 is 1. The van der Waals surface area contributed by atoms with Gasteiger partial charge in [0, 0.05) is 35.8 Å². The minimum atomic E-state index is -0.418. The van der Waals surface area contributed by atoms with Gasteiger partial charge in [-0.15, -0.1) is 0 Å². The molecular formula is C22H21N3O3. The van der Waals surface area contributed by atoms with Crippen LogP contribution in [-0.2, 0) is 22.6 Å². The highest BCUT2D eigenvalue weighted by atomic mass is 16.5. The Bertz CT molecular complexity index is 1090. The van der Waals surface area contributed by atoms with Crippen LogP contribution in [0.2, 0.25) is 0 Å². The van der Waals surface area contributed by atoms with Crippen molar-refractivity contribution in [3.63, 3.8) is 0 Å². The lowest BCUT2D eigenvalue weighted by Gasteiger charge is -2.30. The van der Waals surface area contributed by atoms with E-state index < -0.39 is 6.04 Å². The number of anilines is 1. The van der Waals surface area contributed by atoms with E-state index in [1.165, 1.54) is 15.8 Å². The fraction of sp³-hybridized carbons (Fsp3) is 0.273. The van der Waals surface area contributed by atoms with E-state index in [0.29, 0.717) is 18.0 Å². The zero-order valence-electron chi connectivity index (χ0n) is 15.6. The number of para-hydroxylation sites is 1. The standard InChI is InChI=1S/C22H21N3O3/c1-28-15-6-4-5-14(11-15)25-21(26)12-20(22(25)27)24-10-9-17-16-7-2-3-8-18(16)23-19(17)13-24/h2-8,11,20,23H,9-10,12-13H2,1H3/t20-/m0/s1. The fourth-order valence-corrected chi connectivity index (χ4v) is 4.40. The second-order valence-electron chi connectivity index (χ2n) is 7.34. The molecule has 0 bridgehead atoms. The van der Waals surface area contributed by atoms with Crippen LogP contribution in [0.15, 0.2) is 48.5 Å². The smallest absolute Gasteiger partial charge is 0.251 e. The van der Waals surface area contributed by atoms with Crippen LogP contribution in [0.25, 0.3) is 10.9 Å². The maximum Gasteiger partial charge on any atom is 0.251 e. The topological polar surface area (TPSA) is 65.6 Å². The summed E-state index contributed by atoms with van der Waals surface area (Å²) < 4.78 is 5.23. The number of nitrogens with one attached hydrogen (secondary N) is 1. The van der Waals surface area contributed by atoms with Gasteiger partial charge in [0.25, 0.3) is 5.91 Å². The largest absolute Gasteiger partial charge is 0.497 e. The fourth-order valence-electron chi connectivity index (χ4n) is 4.40. The number of benzene rings is 2. The Balaban J connectivity index is 1.41. The number of carbonyl (C=O) groups is 2. The van der Waals surface area contributed by atoms with Gasteiger partial charge in [-0.1, -0.05) is 24.3 Å². The molecule has 3 heterocycles. The highest BCUT2D eigenvalue weighted by Crippen LogP contribution is 2.32. The first kappa shape index (κ1) is 17.0. The van der Waals surface area contributed by atoms with Gasteiger partial charge >= 0.3 is 0 Å². The monoisotopic (exact) mass is 375 g/mol. The van der Waals surface area contributed by atoms with E-state index in [9.17, 15) is 9.59 Å². The number of amides is 2. The molecule has 28 heavy (non-hydrogen) atoms. The van der Waals surface area contributed by atoms with Crippen LogP contribution in [0.1, 0.15) is 17.7 Å². The molecule has 0 aliphatic carbocycles. The van der Waals surface area contributed by atoms with Crippen molar-refractivity contribution in [2.75, 3.05) is 18.6 Å². The third-order valence-electron chi connectivity index (χ3n) is 5.79. The number of hydrogen-bond acceptors (Lipinski definition) is 4. The van der Waals surface area contributed by atoms with E-state index in [2.05, 4.69) is 22.0 Å². The number of ether oxygens (including phenoxy) is 1. The minimum absolute atomic E-state index is 0.155. The molecule has 142 valence electrons. The molecule has 1 aromatic heterocycles. The highest BCUT2D eigenvalue weighted by Gasteiger charge is 2.43. The lowest BCUT2D eigenvalue weighted by molar-refractivity contribution is -0.123. The maximum atomic E-state index is 13.1. The average Bonchev–Trinajstić information content (AvgIpc) is 3.24. The number of rotatable bonds is 3. The predicted octanol–water partition coefficient (Wildman–Crippen LogP) is 2.87. The quantitative estimate of drug-likeness (QED) is 0.715. The Morgan fingerprint density at radius 3 is 2.82 bits per heavy atom. The summed E-state index contributed by atoms with van der Waals surface area (Å²) in [5.74, 6) is 0.311. The van der Waals surface area contributed by atoms with Crippen LogP contribution in [0, 0.1) is 0 Å². The van der Waals surface area contributed by atoms with Crippen molar-refractivity contribution in [1.82, 2.24) is 9.88 Å². The summed E-state index contributed by atoms with van der Waals surface area (Å²) >= 11 is 0. The second-order valence-corrected chi connectivity index (χ2v) is 7.34. The zero-order chi connectivity index (χ0) is 19.3. The number of hydrogen-bond donors (Lipinski definition) is 1. The lowest BCUT2D eigenvalue weighted by atomic mass is 10.0. The highest BCUT2D eigenvalue weighted by molar-refractivity contribution is 6.22.